The summed E-state index contributed by atoms with van der Waals surface area (Å²) in [6, 6.07) is 9.65. The maximum absolute atomic E-state index is 12.6. The highest BCUT2D eigenvalue weighted by Crippen LogP contribution is 2.26. The minimum absolute atomic E-state index is 0.106. The van der Waals surface area contributed by atoms with Gasteiger partial charge < -0.3 is 9.64 Å². The van der Waals surface area contributed by atoms with E-state index in [-0.39, 0.29) is 5.56 Å². The molecule has 4 rings (SSSR count). The molecular formula is C18H21N5O2. The number of hydrogen-bond donors (Lipinski definition) is 1. The van der Waals surface area contributed by atoms with Crippen LogP contribution in [0.1, 0.15) is 23.0 Å². The molecule has 2 aliphatic heterocycles. The molecule has 0 radical (unpaired) electrons. The van der Waals surface area contributed by atoms with Crippen molar-refractivity contribution in [1.82, 2.24) is 14.5 Å². The van der Waals surface area contributed by atoms with E-state index in [2.05, 4.69) is 15.2 Å². The molecule has 25 heavy (non-hydrogen) atoms. The van der Waals surface area contributed by atoms with E-state index in [9.17, 15) is 4.79 Å². The van der Waals surface area contributed by atoms with Gasteiger partial charge in [0.2, 0.25) is 11.9 Å². The van der Waals surface area contributed by atoms with Crippen molar-refractivity contribution in [2.75, 3.05) is 31.6 Å². The predicted octanol–water partition coefficient (Wildman–Crippen LogP) is 1.52. The molecule has 1 atom stereocenters. The van der Waals surface area contributed by atoms with Gasteiger partial charge in [0, 0.05) is 24.8 Å². The summed E-state index contributed by atoms with van der Waals surface area (Å²) in [4.78, 5) is 24.1. The fraction of sp³-hybridized carbons (Fsp3) is 0.389. The number of aryl methyl sites for hydroxylation is 2. The van der Waals surface area contributed by atoms with Gasteiger partial charge in [0.15, 0.2) is 6.17 Å². The Labute approximate surface area is 146 Å². The fourth-order valence-corrected chi connectivity index (χ4v) is 3.13. The quantitative estimate of drug-likeness (QED) is 0.853. The third-order valence-corrected chi connectivity index (χ3v) is 4.48. The third-order valence-electron chi connectivity index (χ3n) is 4.48. The van der Waals surface area contributed by atoms with E-state index in [4.69, 9.17) is 9.73 Å². The Kier molecular flexibility index (Phi) is 4.01. The van der Waals surface area contributed by atoms with Crippen molar-refractivity contribution < 1.29 is 4.74 Å². The maximum atomic E-state index is 12.6. The summed E-state index contributed by atoms with van der Waals surface area (Å²) < 4.78 is 7.04. The number of aliphatic imine (C=N–C) groups is 1. The van der Waals surface area contributed by atoms with Crippen LogP contribution in [-0.2, 0) is 4.74 Å². The Morgan fingerprint density at radius 2 is 1.88 bits per heavy atom. The third kappa shape index (κ3) is 3.02. The highest BCUT2D eigenvalue weighted by molar-refractivity contribution is 5.93. The summed E-state index contributed by atoms with van der Waals surface area (Å²) >= 11 is 0. The first-order valence-electron chi connectivity index (χ1n) is 8.46. The zero-order valence-corrected chi connectivity index (χ0v) is 14.4. The normalized spacial score (nSPS) is 19.8. The summed E-state index contributed by atoms with van der Waals surface area (Å²) in [5, 5.41) is 3.23. The molecule has 0 unspecified atom stereocenters. The second kappa shape index (κ2) is 6.33. The topological polar surface area (TPSA) is 71.8 Å². The monoisotopic (exact) mass is 339 g/mol. The Morgan fingerprint density at radius 1 is 1.16 bits per heavy atom. The minimum atomic E-state index is -0.421. The van der Waals surface area contributed by atoms with Crippen LogP contribution in [0, 0.1) is 13.8 Å². The van der Waals surface area contributed by atoms with E-state index < -0.39 is 6.17 Å². The van der Waals surface area contributed by atoms with Gasteiger partial charge in [-0.1, -0.05) is 29.8 Å². The molecule has 1 saturated heterocycles. The summed E-state index contributed by atoms with van der Waals surface area (Å²) in [5.74, 6) is 1.28. The van der Waals surface area contributed by atoms with E-state index in [0.717, 1.165) is 24.6 Å². The fourth-order valence-electron chi connectivity index (χ4n) is 3.13. The second-order valence-electron chi connectivity index (χ2n) is 6.39. The van der Waals surface area contributed by atoms with Crippen molar-refractivity contribution in [3.05, 3.63) is 57.5 Å². The Bertz CT molecular complexity index is 866. The number of ether oxygens (including phenoxy) is 1. The van der Waals surface area contributed by atoms with Gasteiger partial charge in [0.05, 0.1) is 13.2 Å². The molecule has 0 spiro atoms. The van der Waals surface area contributed by atoms with Crippen molar-refractivity contribution in [2.45, 2.75) is 20.0 Å². The van der Waals surface area contributed by atoms with Gasteiger partial charge in [-0.15, -0.1) is 0 Å². The number of benzene rings is 1. The molecule has 1 fully saturated rings. The molecule has 1 aromatic carbocycles. The zero-order chi connectivity index (χ0) is 17.4. The number of hydrogen-bond acceptors (Lipinski definition) is 6. The average molecular weight is 339 g/mol. The first-order valence-corrected chi connectivity index (χ1v) is 8.46. The summed E-state index contributed by atoms with van der Waals surface area (Å²) in [6.07, 6.45) is -0.421. The number of morpholine rings is 1. The minimum Gasteiger partial charge on any atom is -0.378 e. The van der Waals surface area contributed by atoms with E-state index in [1.807, 2.05) is 38.1 Å². The van der Waals surface area contributed by atoms with Gasteiger partial charge in [-0.2, -0.15) is 0 Å². The molecule has 2 aromatic rings. The zero-order valence-electron chi connectivity index (χ0n) is 14.4. The molecular weight excluding hydrogens is 318 g/mol. The molecule has 0 saturated carbocycles. The number of nitrogens with one attached hydrogen (secondary N) is 1. The molecule has 7 nitrogen and oxygen atoms in total. The van der Waals surface area contributed by atoms with Gasteiger partial charge in [0.1, 0.15) is 0 Å². The lowest BCUT2D eigenvalue weighted by atomic mass is 10.1. The lowest BCUT2D eigenvalue weighted by Gasteiger charge is -2.34. The molecule has 130 valence electrons. The largest absolute Gasteiger partial charge is 0.378 e. The Balaban J connectivity index is 1.82. The van der Waals surface area contributed by atoms with E-state index in [1.165, 1.54) is 5.56 Å². The molecule has 3 heterocycles. The van der Waals surface area contributed by atoms with Gasteiger partial charge in [-0.3, -0.25) is 14.7 Å². The van der Waals surface area contributed by atoms with Gasteiger partial charge in [-0.25, -0.2) is 9.98 Å². The Hall–Kier alpha value is -2.67. The van der Waals surface area contributed by atoms with E-state index in [1.54, 1.807) is 10.6 Å². The first-order chi connectivity index (χ1) is 12.1. The highest BCUT2D eigenvalue weighted by Gasteiger charge is 2.28. The van der Waals surface area contributed by atoms with Crippen LogP contribution < -0.4 is 10.9 Å². The molecule has 0 bridgehead atoms. The molecule has 7 heteroatoms. The van der Waals surface area contributed by atoms with Crippen LogP contribution in [-0.4, -0.2) is 46.7 Å². The Morgan fingerprint density at radius 3 is 2.60 bits per heavy atom. The van der Waals surface area contributed by atoms with Crippen LogP contribution in [0.15, 0.2) is 40.1 Å². The lowest BCUT2D eigenvalue weighted by Crippen LogP contribution is -2.47. The average Bonchev–Trinajstić information content (AvgIpc) is 2.62. The number of rotatable bonds is 1. The van der Waals surface area contributed by atoms with Crippen LogP contribution in [0.25, 0.3) is 0 Å². The number of nitrogens with zero attached hydrogens (tertiary/aromatic N) is 4. The summed E-state index contributed by atoms with van der Waals surface area (Å²) in [6.45, 7) is 6.74. The van der Waals surface area contributed by atoms with Crippen LogP contribution in [0.3, 0.4) is 0 Å². The summed E-state index contributed by atoms with van der Waals surface area (Å²) in [7, 11) is 0. The van der Waals surface area contributed by atoms with E-state index >= 15 is 0 Å². The first kappa shape index (κ1) is 15.8. The summed E-state index contributed by atoms with van der Waals surface area (Å²) in [5.41, 5.74) is 2.72. The van der Waals surface area contributed by atoms with Gasteiger partial charge in [0.25, 0.3) is 5.56 Å². The highest BCUT2D eigenvalue weighted by atomic mass is 16.5. The van der Waals surface area contributed by atoms with Gasteiger partial charge in [-0.05, 0) is 19.4 Å². The van der Waals surface area contributed by atoms with Crippen molar-refractivity contribution in [3.63, 3.8) is 0 Å². The van der Waals surface area contributed by atoms with Crippen molar-refractivity contribution in [2.24, 2.45) is 4.99 Å². The molecule has 0 amide bonds. The SMILES string of the molecule is Cc1ccc([C@@H]2N=C(N3CCOCC3)Nc3nc(C)cc(=O)n32)cc1. The van der Waals surface area contributed by atoms with Crippen LogP contribution >= 0.6 is 0 Å². The van der Waals surface area contributed by atoms with Crippen molar-refractivity contribution >= 4 is 11.9 Å². The molecule has 1 N–H and O–H groups in total. The molecule has 1 aromatic heterocycles. The molecule has 0 aliphatic carbocycles. The predicted molar refractivity (Wildman–Crippen MR) is 96.0 cm³/mol. The van der Waals surface area contributed by atoms with Crippen molar-refractivity contribution in [3.8, 4) is 0 Å². The number of anilines is 1. The van der Waals surface area contributed by atoms with Crippen LogP contribution in [0.4, 0.5) is 5.95 Å². The van der Waals surface area contributed by atoms with Crippen molar-refractivity contribution in [1.29, 1.82) is 0 Å². The number of guanidine groups is 1. The van der Waals surface area contributed by atoms with Crippen LogP contribution in [0.5, 0.6) is 0 Å². The number of aromatic nitrogens is 2. The second-order valence-corrected chi connectivity index (χ2v) is 6.39. The standard InChI is InChI=1S/C18H21N5O2/c1-12-3-5-14(6-4-12)16-20-17(22-7-9-25-10-8-22)21-18-19-13(2)11-15(24)23(16)18/h3-6,11,16H,7-10H2,1-2H3,(H,19,20,21)/t16-/m1/s1. The maximum Gasteiger partial charge on any atom is 0.257 e. The van der Waals surface area contributed by atoms with Gasteiger partial charge >= 0.3 is 0 Å². The smallest absolute Gasteiger partial charge is 0.257 e. The van der Waals surface area contributed by atoms with E-state index in [0.29, 0.717) is 24.9 Å². The molecule has 2 aliphatic rings. The number of fused-ring (bicyclic) bond motifs is 1. The van der Waals surface area contributed by atoms with Crippen LogP contribution in [0.2, 0.25) is 0 Å². The lowest BCUT2D eigenvalue weighted by molar-refractivity contribution is 0.0675.